The topological polar surface area (TPSA) is 15.3 Å². The van der Waals surface area contributed by atoms with E-state index in [1.54, 1.807) is 0 Å². The molecular weight excluding hydrogens is 244 g/mol. The van der Waals surface area contributed by atoms with E-state index in [0.29, 0.717) is 6.04 Å². The Balaban J connectivity index is 1.70. The average molecular weight is 272 g/mol. The van der Waals surface area contributed by atoms with E-state index in [9.17, 15) is 0 Å². The van der Waals surface area contributed by atoms with Crippen LogP contribution in [-0.2, 0) is 6.42 Å². The third-order valence-electron chi connectivity index (χ3n) is 4.98. The summed E-state index contributed by atoms with van der Waals surface area (Å²) in [5.74, 6) is 0. The molecule has 0 amide bonds. The highest BCUT2D eigenvalue weighted by molar-refractivity contribution is 5.16. The van der Waals surface area contributed by atoms with E-state index in [4.69, 9.17) is 0 Å². The molecule has 2 heteroatoms. The second-order valence-electron chi connectivity index (χ2n) is 6.43. The molecule has 1 atom stereocenters. The molecule has 1 N–H and O–H groups in total. The molecule has 1 aliphatic heterocycles. The minimum Gasteiger partial charge on any atom is -0.315 e. The summed E-state index contributed by atoms with van der Waals surface area (Å²) >= 11 is 0. The van der Waals surface area contributed by atoms with Crippen molar-refractivity contribution in [3.63, 3.8) is 0 Å². The molecule has 0 spiro atoms. The normalized spacial score (nSPS) is 26.3. The predicted molar refractivity (Wildman–Crippen MR) is 85.0 cm³/mol. The first-order valence-corrected chi connectivity index (χ1v) is 8.44. The third-order valence-corrected chi connectivity index (χ3v) is 4.98. The van der Waals surface area contributed by atoms with E-state index in [1.807, 2.05) is 0 Å². The maximum atomic E-state index is 3.64. The molecule has 0 bridgehead atoms. The van der Waals surface area contributed by atoms with Gasteiger partial charge in [0.05, 0.1) is 0 Å². The molecule has 2 aliphatic rings. The molecular formula is C18H28N2. The quantitative estimate of drug-likeness (QED) is 0.909. The standard InChI is InChI=1S/C18H28N2/c1-3-8-16(9-4-1)14-18-15-19-12-7-13-20(18)17-10-5-2-6-11-17/h1,3-4,8-9,17-19H,2,5-7,10-15H2. The summed E-state index contributed by atoms with van der Waals surface area (Å²) in [6.07, 6.45) is 9.67. The summed E-state index contributed by atoms with van der Waals surface area (Å²) in [6, 6.07) is 12.6. The Labute approximate surface area is 123 Å². The minimum absolute atomic E-state index is 0.683. The maximum Gasteiger partial charge on any atom is 0.0263 e. The van der Waals surface area contributed by atoms with Gasteiger partial charge in [-0.2, -0.15) is 0 Å². The first-order valence-electron chi connectivity index (χ1n) is 8.44. The lowest BCUT2D eigenvalue weighted by atomic mass is 9.92. The van der Waals surface area contributed by atoms with Crippen molar-refractivity contribution in [2.24, 2.45) is 0 Å². The van der Waals surface area contributed by atoms with Gasteiger partial charge in [0, 0.05) is 18.6 Å². The molecule has 1 aliphatic carbocycles. The Morgan fingerprint density at radius 3 is 2.60 bits per heavy atom. The number of hydrogen-bond acceptors (Lipinski definition) is 2. The van der Waals surface area contributed by atoms with E-state index in [2.05, 4.69) is 40.5 Å². The zero-order valence-corrected chi connectivity index (χ0v) is 12.6. The highest BCUT2D eigenvalue weighted by Gasteiger charge is 2.28. The van der Waals surface area contributed by atoms with Crippen LogP contribution in [0.5, 0.6) is 0 Å². The highest BCUT2D eigenvalue weighted by atomic mass is 15.2. The molecule has 2 fully saturated rings. The lowest BCUT2D eigenvalue weighted by Gasteiger charge is -2.39. The largest absolute Gasteiger partial charge is 0.315 e. The first-order chi connectivity index (χ1) is 9.93. The summed E-state index contributed by atoms with van der Waals surface area (Å²) in [6.45, 7) is 3.63. The van der Waals surface area contributed by atoms with Crippen LogP contribution in [0.15, 0.2) is 30.3 Å². The number of nitrogens with one attached hydrogen (secondary N) is 1. The van der Waals surface area contributed by atoms with Gasteiger partial charge in [0.2, 0.25) is 0 Å². The fraction of sp³-hybridized carbons (Fsp3) is 0.667. The zero-order valence-electron chi connectivity index (χ0n) is 12.6. The summed E-state index contributed by atoms with van der Waals surface area (Å²) < 4.78 is 0. The fourth-order valence-electron chi connectivity index (χ4n) is 3.92. The first kappa shape index (κ1) is 14.1. The van der Waals surface area contributed by atoms with Crippen molar-refractivity contribution in [2.75, 3.05) is 19.6 Å². The van der Waals surface area contributed by atoms with E-state index in [-0.39, 0.29) is 0 Å². The monoisotopic (exact) mass is 272 g/mol. The molecule has 1 unspecified atom stereocenters. The SMILES string of the molecule is c1ccc(CC2CNCCCN2C2CCCCC2)cc1. The number of benzene rings is 1. The van der Waals surface area contributed by atoms with Crippen LogP contribution in [0, 0.1) is 0 Å². The molecule has 1 heterocycles. The fourth-order valence-corrected chi connectivity index (χ4v) is 3.92. The van der Waals surface area contributed by atoms with Crippen molar-refractivity contribution >= 4 is 0 Å². The van der Waals surface area contributed by atoms with Crippen molar-refractivity contribution < 1.29 is 0 Å². The lowest BCUT2D eigenvalue weighted by molar-refractivity contribution is 0.112. The van der Waals surface area contributed by atoms with Gasteiger partial charge in [-0.1, -0.05) is 49.6 Å². The van der Waals surface area contributed by atoms with Gasteiger partial charge in [0.1, 0.15) is 0 Å². The van der Waals surface area contributed by atoms with Crippen molar-refractivity contribution in [3.8, 4) is 0 Å². The van der Waals surface area contributed by atoms with E-state index in [0.717, 1.165) is 12.6 Å². The van der Waals surface area contributed by atoms with Gasteiger partial charge in [0.25, 0.3) is 0 Å². The predicted octanol–water partition coefficient (Wildman–Crippen LogP) is 3.23. The number of nitrogens with zero attached hydrogens (tertiary/aromatic N) is 1. The van der Waals surface area contributed by atoms with E-state index < -0.39 is 0 Å². The van der Waals surface area contributed by atoms with E-state index in [1.165, 1.54) is 63.6 Å². The number of rotatable bonds is 3. The Morgan fingerprint density at radius 1 is 1.00 bits per heavy atom. The van der Waals surface area contributed by atoms with Gasteiger partial charge in [-0.3, -0.25) is 4.90 Å². The number of hydrogen-bond donors (Lipinski definition) is 1. The second kappa shape index (κ2) is 7.24. The molecule has 2 nitrogen and oxygen atoms in total. The van der Waals surface area contributed by atoms with Crippen LogP contribution >= 0.6 is 0 Å². The molecule has 1 aromatic carbocycles. The molecule has 3 rings (SSSR count). The van der Waals surface area contributed by atoms with Crippen molar-refractivity contribution in [2.45, 2.75) is 57.0 Å². The summed E-state index contributed by atoms with van der Waals surface area (Å²) in [7, 11) is 0. The van der Waals surface area contributed by atoms with Gasteiger partial charge in [-0.05, 0) is 44.3 Å². The summed E-state index contributed by atoms with van der Waals surface area (Å²) in [5, 5.41) is 3.64. The van der Waals surface area contributed by atoms with Gasteiger partial charge in [0.15, 0.2) is 0 Å². The van der Waals surface area contributed by atoms with Crippen LogP contribution in [0.1, 0.15) is 44.1 Å². The maximum absolute atomic E-state index is 3.64. The minimum atomic E-state index is 0.683. The highest BCUT2D eigenvalue weighted by Crippen LogP contribution is 2.26. The molecule has 110 valence electrons. The van der Waals surface area contributed by atoms with Gasteiger partial charge in [-0.25, -0.2) is 0 Å². The Hall–Kier alpha value is -0.860. The zero-order chi connectivity index (χ0) is 13.6. The lowest BCUT2D eigenvalue weighted by Crippen LogP contribution is -2.47. The second-order valence-corrected chi connectivity index (χ2v) is 6.43. The van der Waals surface area contributed by atoms with Crippen LogP contribution in [-0.4, -0.2) is 36.6 Å². The van der Waals surface area contributed by atoms with Crippen LogP contribution < -0.4 is 5.32 Å². The van der Waals surface area contributed by atoms with Crippen LogP contribution in [0.4, 0.5) is 0 Å². The Morgan fingerprint density at radius 2 is 1.80 bits per heavy atom. The van der Waals surface area contributed by atoms with Crippen molar-refractivity contribution in [1.29, 1.82) is 0 Å². The molecule has 1 saturated carbocycles. The molecule has 0 aromatic heterocycles. The van der Waals surface area contributed by atoms with Crippen LogP contribution in [0.2, 0.25) is 0 Å². The van der Waals surface area contributed by atoms with Crippen molar-refractivity contribution in [1.82, 2.24) is 10.2 Å². The van der Waals surface area contributed by atoms with Gasteiger partial charge in [-0.15, -0.1) is 0 Å². The van der Waals surface area contributed by atoms with Crippen LogP contribution in [0.25, 0.3) is 0 Å². The molecule has 1 saturated heterocycles. The molecule has 0 radical (unpaired) electrons. The molecule has 20 heavy (non-hydrogen) atoms. The summed E-state index contributed by atoms with van der Waals surface area (Å²) in [5.41, 5.74) is 1.49. The summed E-state index contributed by atoms with van der Waals surface area (Å²) in [4.78, 5) is 2.84. The third kappa shape index (κ3) is 3.62. The Kier molecular flexibility index (Phi) is 5.10. The Bertz CT molecular complexity index is 384. The smallest absolute Gasteiger partial charge is 0.0263 e. The molecule has 1 aromatic rings. The van der Waals surface area contributed by atoms with Crippen LogP contribution in [0.3, 0.4) is 0 Å². The van der Waals surface area contributed by atoms with Crippen molar-refractivity contribution in [3.05, 3.63) is 35.9 Å². The average Bonchev–Trinajstić information content (AvgIpc) is 2.75. The van der Waals surface area contributed by atoms with Gasteiger partial charge >= 0.3 is 0 Å². The van der Waals surface area contributed by atoms with Gasteiger partial charge < -0.3 is 5.32 Å². The van der Waals surface area contributed by atoms with E-state index >= 15 is 0 Å².